The number of benzene rings is 1. The highest BCUT2D eigenvalue weighted by molar-refractivity contribution is 5.25. The normalized spacial score (nSPS) is 10.5. The Hall–Kier alpha value is -1.54. The lowest BCUT2D eigenvalue weighted by atomic mass is 10.1. The summed E-state index contributed by atoms with van der Waals surface area (Å²) in [5.41, 5.74) is 8.02. The van der Waals surface area contributed by atoms with Crippen LogP contribution in [-0.2, 0) is 13.0 Å². The molecule has 1 aromatic heterocycles. The zero-order valence-electron chi connectivity index (χ0n) is 8.86. The van der Waals surface area contributed by atoms with Crippen molar-refractivity contribution in [1.82, 2.24) is 0 Å². The maximum absolute atomic E-state index is 5.54. The molecule has 1 heterocycles. The van der Waals surface area contributed by atoms with E-state index in [0.717, 1.165) is 17.9 Å². The van der Waals surface area contributed by atoms with Gasteiger partial charge in [0.05, 0.1) is 6.54 Å². The number of aryl methyl sites for hydroxylation is 1. The molecule has 0 spiro atoms. The van der Waals surface area contributed by atoms with Gasteiger partial charge in [0, 0.05) is 6.42 Å². The summed E-state index contributed by atoms with van der Waals surface area (Å²) in [6.45, 7) is 2.55. The van der Waals surface area contributed by atoms with Crippen molar-refractivity contribution in [1.29, 1.82) is 0 Å². The van der Waals surface area contributed by atoms with Crippen molar-refractivity contribution in [3.8, 4) is 0 Å². The van der Waals surface area contributed by atoms with E-state index in [1.807, 2.05) is 12.1 Å². The molecule has 0 aliphatic rings. The molecule has 2 rings (SSSR count). The summed E-state index contributed by atoms with van der Waals surface area (Å²) in [5.74, 6) is 1.82. The standard InChI is InChI=1S/C13H15NO/c1-10-2-4-11(5-3-10)8-12-6-7-13(9-14)15-12/h2-7H,8-9,14H2,1H3. The molecule has 0 bridgehead atoms. The van der Waals surface area contributed by atoms with Crippen molar-refractivity contribution >= 4 is 0 Å². The number of furan rings is 1. The first kappa shape index (κ1) is 9.99. The van der Waals surface area contributed by atoms with Crippen molar-refractivity contribution in [2.45, 2.75) is 19.9 Å². The first-order chi connectivity index (χ1) is 7.28. The van der Waals surface area contributed by atoms with Gasteiger partial charge < -0.3 is 10.2 Å². The smallest absolute Gasteiger partial charge is 0.117 e. The van der Waals surface area contributed by atoms with E-state index in [1.165, 1.54) is 11.1 Å². The lowest BCUT2D eigenvalue weighted by Crippen LogP contribution is -1.93. The summed E-state index contributed by atoms with van der Waals surface area (Å²) in [4.78, 5) is 0. The van der Waals surface area contributed by atoms with Gasteiger partial charge >= 0.3 is 0 Å². The topological polar surface area (TPSA) is 39.2 Å². The highest BCUT2D eigenvalue weighted by Gasteiger charge is 2.01. The molecule has 0 unspecified atom stereocenters. The second-order valence-corrected chi connectivity index (χ2v) is 3.73. The van der Waals surface area contributed by atoms with Crippen LogP contribution in [0.15, 0.2) is 40.8 Å². The zero-order valence-corrected chi connectivity index (χ0v) is 8.86. The molecule has 0 radical (unpaired) electrons. The maximum atomic E-state index is 5.54. The molecule has 0 atom stereocenters. The summed E-state index contributed by atoms with van der Waals surface area (Å²) < 4.78 is 5.54. The molecular formula is C13H15NO. The van der Waals surface area contributed by atoms with E-state index < -0.39 is 0 Å². The predicted molar refractivity (Wildman–Crippen MR) is 60.6 cm³/mol. The van der Waals surface area contributed by atoms with Crippen LogP contribution in [0.3, 0.4) is 0 Å². The third kappa shape index (κ3) is 2.48. The largest absolute Gasteiger partial charge is 0.464 e. The van der Waals surface area contributed by atoms with Gasteiger partial charge in [-0.3, -0.25) is 0 Å². The first-order valence-electron chi connectivity index (χ1n) is 5.11. The maximum Gasteiger partial charge on any atom is 0.117 e. The minimum atomic E-state index is 0.466. The Morgan fingerprint density at radius 1 is 1.00 bits per heavy atom. The Kier molecular flexibility index (Phi) is 2.88. The van der Waals surface area contributed by atoms with E-state index >= 15 is 0 Å². The van der Waals surface area contributed by atoms with Gasteiger partial charge in [-0.15, -0.1) is 0 Å². The molecule has 78 valence electrons. The van der Waals surface area contributed by atoms with Crippen LogP contribution >= 0.6 is 0 Å². The van der Waals surface area contributed by atoms with Crippen LogP contribution < -0.4 is 5.73 Å². The quantitative estimate of drug-likeness (QED) is 0.829. The second kappa shape index (κ2) is 4.32. The Labute approximate surface area is 89.7 Å². The lowest BCUT2D eigenvalue weighted by Gasteiger charge is -1.99. The Balaban J connectivity index is 2.11. The van der Waals surface area contributed by atoms with E-state index in [-0.39, 0.29) is 0 Å². The van der Waals surface area contributed by atoms with Crippen molar-refractivity contribution in [2.75, 3.05) is 0 Å². The summed E-state index contributed by atoms with van der Waals surface area (Å²) >= 11 is 0. The zero-order chi connectivity index (χ0) is 10.7. The fourth-order valence-electron chi connectivity index (χ4n) is 1.53. The van der Waals surface area contributed by atoms with Gasteiger partial charge in [-0.05, 0) is 24.6 Å². The van der Waals surface area contributed by atoms with Gasteiger partial charge in [-0.2, -0.15) is 0 Å². The molecule has 0 fully saturated rings. The molecule has 15 heavy (non-hydrogen) atoms. The molecule has 0 saturated heterocycles. The van der Waals surface area contributed by atoms with Crippen molar-refractivity contribution in [3.63, 3.8) is 0 Å². The number of nitrogens with two attached hydrogens (primary N) is 1. The molecule has 0 aliphatic heterocycles. The van der Waals surface area contributed by atoms with Gasteiger partial charge in [0.1, 0.15) is 11.5 Å². The highest BCUT2D eigenvalue weighted by atomic mass is 16.3. The van der Waals surface area contributed by atoms with Crippen LogP contribution in [0.2, 0.25) is 0 Å². The lowest BCUT2D eigenvalue weighted by molar-refractivity contribution is 0.475. The third-order valence-electron chi connectivity index (χ3n) is 2.42. The Morgan fingerprint density at radius 3 is 2.27 bits per heavy atom. The molecule has 0 amide bonds. The van der Waals surface area contributed by atoms with Crippen LogP contribution in [0, 0.1) is 6.92 Å². The summed E-state index contributed by atoms with van der Waals surface area (Å²) in [6.07, 6.45) is 0.834. The SMILES string of the molecule is Cc1ccc(Cc2ccc(CN)o2)cc1. The van der Waals surface area contributed by atoms with Crippen LogP contribution in [0.5, 0.6) is 0 Å². The second-order valence-electron chi connectivity index (χ2n) is 3.73. The van der Waals surface area contributed by atoms with E-state index in [0.29, 0.717) is 6.54 Å². The Morgan fingerprint density at radius 2 is 1.67 bits per heavy atom. The van der Waals surface area contributed by atoms with Crippen molar-refractivity contribution in [3.05, 3.63) is 59.0 Å². The fourth-order valence-corrected chi connectivity index (χ4v) is 1.53. The average molecular weight is 201 g/mol. The van der Waals surface area contributed by atoms with Gasteiger partial charge in [0.15, 0.2) is 0 Å². The summed E-state index contributed by atoms with van der Waals surface area (Å²) in [5, 5.41) is 0. The van der Waals surface area contributed by atoms with Crippen LogP contribution in [0.4, 0.5) is 0 Å². The molecule has 2 aromatic rings. The molecule has 1 aromatic carbocycles. The number of hydrogen-bond donors (Lipinski definition) is 1. The Bertz CT molecular complexity index is 428. The van der Waals surface area contributed by atoms with Crippen molar-refractivity contribution < 1.29 is 4.42 Å². The van der Waals surface area contributed by atoms with E-state index in [9.17, 15) is 0 Å². The number of rotatable bonds is 3. The molecule has 0 aliphatic carbocycles. The summed E-state index contributed by atoms with van der Waals surface area (Å²) in [6, 6.07) is 12.4. The minimum absolute atomic E-state index is 0.466. The first-order valence-corrected chi connectivity index (χ1v) is 5.11. The average Bonchev–Trinajstić information content (AvgIpc) is 2.69. The molecule has 0 saturated carbocycles. The highest BCUT2D eigenvalue weighted by Crippen LogP contribution is 2.13. The van der Waals surface area contributed by atoms with Crippen LogP contribution in [0.1, 0.15) is 22.6 Å². The van der Waals surface area contributed by atoms with Crippen LogP contribution in [0.25, 0.3) is 0 Å². The fraction of sp³-hybridized carbons (Fsp3) is 0.231. The minimum Gasteiger partial charge on any atom is -0.464 e. The van der Waals surface area contributed by atoms with Gasteiger partial charge in [-0.25, -0.2) is 0 Å². The van der Waals surface area contributed by atoms with E-state index in [4.69, 9.17) is 10.2 Å². The molecule has 2 heteroatoms. The van der Waals surface area contributed by atoms with Crippen molar-refractivity contribution in [2.24, 2.45) is 5.73 Å². The number of hydrogen-bond acceptors (Lipinski definition) is 2. The van der Waals surface area contributed by atoms with E-state index in [1.54, 1.807) is 0 Å². The predicted octanol–water partition coefficient (Wildman–Crippen LogP) is 2.64. The monoisotopic (exact) mass is 201 g/mol. The van der Waals surface area contributed by atoms with Gasteiger partial charge in [-0.1, -0.05) is 29.8 Å². The molecular weight excluding hydrogens is 186 g/mol. The third-order valence-corrected chi connectivity index (χ3v) is 2.42. The van der Waals surface area contributed by atoms with Crippen LogP contribution in [-0.4, -0.2) is 0 Å². The summed E-state index contributed by atoms with van der Waals surface area (Å²) in [7, 11) is 0. The molecule has 2 nitrogen and oxygen atoms in total. The van der Waals surface area contributed by atoms with E-state index in [2.05, 4.69) is 31.2 Å². The van der Waals surface area contributed by atoms with Gasteiger partial charge in [0.25, 0.3) is 0 Å². The molecule has 2 N–H and O–H groups in total. The van der Waals surface area contributed by atoms with Gasteiger partial charge in [0.2, 0.25) is 0 Å².